The van der Waals surface area contributed by atoms with E-state index in [-0.39, 0.29) is 49.2 Å². The topological polar surface area (TPSA) is 180 Å². The predicted octanol–water partition coefficient (Wildman–Crippen LogP) is 5.94. The molecule has 2 aromatic carbocycles. The quantitative estimate of drug-likeness (QED) is 0.0962. The van der Waals surface area contributed by atoms with Crippen LogP contribution in [0.2, 0.25) is 0 Å². The van der Waals surface area contributed by atoms with Gasteiger partial charge >= 0.3 is 23.9 Å². The van der Waals surface area contributed by atoms with Crippen LogP contribution in [0.4, 0.5) is 0 Å². The number of aliphatic hydroxyl groups excluding tert-OH is 1. The molecule has 4 atom stereocenters. The normalized spacial score (nSPS) is 24.2. The van der Waals surface area contributed by atoms with Gasteiger partial charge in [0.25, 0.3) is 0 Å². The summed E-state index contributed by atoms with van der Waals surface area (Å²) in [6.07, 6.45) is 3.62. The first-order chi connectivity index (χ1) is 25.9. The number of carbonyl (C=O) groups is 4. The Hall–Kier alpha value is -4.72. The highest BCUT2D eigenvalue weighted by Crippen LogP contribution is 2.46. The Balaban J connectivity index is 1.53. The maximum atomic E-state index is 14.0. The van der Waals surface area contributed by atoms with Crippen molar-refractivity contribution < 1.29 is 57.8 Å². The summed E-state index contributed by atoms with van der Waals surface area (Å²) in [5.74, 6) is -5.06. The highest BCUT2D eigenvalue weighted by molar-refractivity contribution is 5.99. The third-order valence-corrected chi connectivity index (χ3v) is 9.97. The third-order valence-electron chi connectivity index (χ3n) is 9.97. The van der Waals surface area contributed by atoms with Crippen LogP contribution in [0, 0.1) is 5.41 Å². The molecule has 2 bridgehead atoms. The Kier molecular flexibility index (Phi) is 13.5. The summed E-state index contributed by atoms with van der Waals surface area (Å²) in [5.41, 5.74) is 1.22. The smallest absolute Gasteiger partial charge is 0.341 e. The maximum absolute atomic E-state index is 14.0. The monoisotopic (exact) mass is 749 g/mol. The second kappa shape index (κ2) is 18.1. The lowest BCUT2D eigenvalue weighted by Crippen LogP contribution is -2.63. The van der Waals surface area contributed by atoms with Crippen LogP contribution in [0.15, 0.2) is 60.3 Å². The van der Waals surface area contributed by atoms with E-state index in [1.165, 1.54) is 7.11 Å². The van der Waals surface area contributed by atoms with E-state index < -0.39 is 66.6 Å². The highest BCUT2D eigenvalue weighted by Gasteiger charge is 2.59. The number of carbonyl (C=O) groups excluding carboxylic acids is 4. The SMILES string of the molecule is CCCCCCCC(=O)O[C@H]1/C(=C/C(=O)OC)C[C@H]2C[C@H](CO)OC(=O)CCOc3ccc(-c4cccc5[nH]ccc45)cc3C(=O)OCC(C)(C)[C@]1(O)O2. The number of nitrogens with one attached hydrogen (secondary N) is 1. The standard InChI is InChI=1S/C41H51NO12/c1-5-6-7-8-9-13-35(44)53-38-27(22-37(46)49-4)20-28-23-29(24-43)52-36(45)17-19-50-34-15-14-26(30-11-10-12-33-31(30)16-18-42-33)21-32(34)39(47)51-25-40(2,3)41(38,48)54-28/h10-12,14-16,18,21-22,28-29,38,42-43,48H,5-9,13,17,19-20,23-25H2,1-4H3/b27-22+/t28-,29+,38-,41+/m0/s1. The number of hydrogen-bond donors (Lipinski definition) is 3. The highest BCUT2D eigenvalue weighted by atomic mass is 16.7. The number of unbranched alkanes of at least 4 members (excludes halogenated alkanes) is 4. The Morgan fingerprint density at radius 2 is 1.83 bits per heavy atom. The number of methoxy groups -OCH3 is 1. The molecular weight excluding hydrogens is 698 g/mol. The fourth-order valence-electron chi connectivity index (χ4n) is 6.88. The largest absolute Gasteiger partial charge is 0.492 e. The van der Waals surface area contributed by atoms with Crippen molar-refractivity contribution in [2.45, 2.75) is 103 Å². The zero-order chi connectivity index (χ0) is 38.9. The molecule has 3 N–H and O–H groups in total. The van der Waals surface area contributed by atoms with Crippen LogP contribution in [0.3, 0.4) is 0 Å². The number of cyclic esters (lactones) is 2. The Morgan fingerprint density at radius 3 is 2.59 bits per heavy atom. The molecule has 0 spiro atoms. The van der Waals surface area contributed by atoms with Crippen LogP contribution in [-0.4, -0.2) is 90.1 Å². The minimum absolute atomic E-state index is 0.0388. The summed E-state index contributed by atoms with van der Waals surface area (Å²) < 4.78 is 34.6. The molecule has 0 unspecified atom stereocenters. The van der Waals surface area contributed by atoms with Gasteiger partial charge in [0.15, 0.2) is 6.10 Å². The Labute approximate surface area is 314 Å². The van der Waals surface area contributed by atoms with Crippen LogP contribution in [0.1, 0.15) is 88.9 Å². The average molecular weight is 750 g/mol. The first kappa shape index (κ1) is 40.5. The van der Waals surface area contributed by atoms with E-state index in [9.17, 15) is 29.4 Å². The second-order valence-corrected chi connectivity index (χ2v) is 14.5. The molecule has 2 aliphatic rings. The fraction of sp³-hybridized carbons (Fsp3) is 0.512. The van der Waals surface area contributed by atoms with E-state index in [4.69, 9.17) is 28.4 Å². The van der Waals surface area contributed by atoms with Crippen LogP contribution in [-0.2, 0) is 38.1 Å². The first-order valence-corrected chi connectivity index (χ1v) is 18.6. The van der Waals surface area contributed by atoms with Crippen LogP contribution >= 0.6 is 0 Å². The molecule has 0 amide bonds. The lowest BCUT2D eigenvalue weighted by Gasteiger charge is -2.51. The van der Waals surface area contributed by atoms with E-state index in [1.54, 1.807) is 32.0 Å². The Bertz CT molecular complexity index is 1830. The number of aromatic nitrogens is 1. The zero-order valence-electron chi connectivity index (χ0n) is 31.4. The summed E-state index contributed by atoms with van der Waals surface area (Å²) >= 11 is 0. The molecule has 13 nitrogen and oxygen atoms in total. The molecule has 0 radical (unpaired) electrons. The van der Waals surface area contributed by atoms with Crippen molar-refractivity contribution in [2.75, 3.05) is 26.9 Å². The number of ether oxygens (including phenoxy) is 6. The van der Waals surface area contributed by atoms with E-state index in [1.807, 2.05) is 30.5 Å². The molecule has 292 valence electrons. The lowest BCUT2D eigenvalue weighted by atomic mass is 9.75. The fourth-order valence-corrected chi connectivity index (χ4v) is 6.88. The van der Waals surface area contributed by atoms with Gasteiger partial charge in [-0.15, -0.1) is 0 Å². The van der Waals surface area contributed by atoms with Crippen molar-refractivity contribution in [2.24, 2.45) is 5.41 Å². The summed E-state index contributed by atoms with van der Waals surface area (Å²) in [7, 11) is 1.19. The van der Waals surface area contributed by atoms with E-state index in [2.05, 4.69) is 11.9 Å². The van der Waals surface area contributed by atoms with E-state index in [0.29, 0.717) is 12.0 Å². The molecule has 3 heterocycles. The summed E-state index contributed by atoms with van der Waals surface area (Å²) in [6.45, 7) is 4.14. The van der Waals surface area contributed by atoms with Gasteiger partial charge in [0.2, 0.25) is 5.79 Å². The minimum atomic E-state index is -2.39. The Morgan fingerprint density at radius 1 is 1.04 bits per heavy atom. The van der Waals surface area contributed by atoms with Crippen LogP contribution in [0.25, 0.3) is 22.0 Å². The van der Waals surface area contributed by atoms with Crippen LogP contribution in [0.5, 0.6) is 5.75 Å². The molecule has 1 aromatic heterocycles. The van der Waals surface area contributed by atoms with E-state index >= 15 is 0 Å². The van der Waals surface area contributed by atoms with Crippen molar-refractivity contribution in [3.05, 3.63) is 65.9 Å². The number of esters is 4. The van der Waals surface area contributed by atoms with Crippen molar-refractivity contribution in [1.29, 1.82) is 0 Å². The van der Waals surface area contributed by atoms with Gasteiger partial charge < -0.3 is 43.6 Å². The molecule has 13 heteroatoms. The van der Waals surface area contributed by atoms with Crippen molar-refractivity contribution in [3.8, 4) is 16.9 Å². The lowest BCUT2D eigenvalue weighted by molar-refractivity contribution is -0.340. The zero-order valence-corrected chi connectivity index (χ0v) is 31.4. The average Bonchev–Trinajstić information content (AvgIpc) is 3.64. The van der Waals surface area contributed by atoms with Gasteiger partial charge in [-0.1, -0.05) is 64.7 Å². The van der Waals surface area contributed by atoms with Crippen molar-refractivity contribution in [3.63, 3.8) is 0 Å². The minimum Gasteiger partial charge on any atom is -0.492 e. The summed E-state index contributed by atoms with van der Waals surface area (Å²) in [4.78, 5) is 56.1. The molecule has 0 aliphatic carbocycles. The van der Waals surface area contributed by atoms with Crippen LogP contribution < -0.4 is 4.74 Å². The van der Waals surface area contributed by atoms with Gasteiger partial charge in [0, 0.05) is 36.0 Å². The third kappa shape index (κ3) is 9.49. The molecule has 1 saturated heterocycles. The molecular formula is C41H51NO12. The number of aromatic amines is 1. The molecule has 2 aliphatic heterocycles. The van der Waals surface area contributed by atoms with E-state index in [0.717, 1.165) is 48.2 Å². The second-order valence-electron chi connectivity index (χ2n) is 14.5. The molecule has 3 aromatic rings. The number of hydrogen-bond acceptors (Lipinski definition) is 12. The summed E-state index contributed by atoms with van der Waals surface area (Å²) in [6, 6.07) is 12.8. The molecule has 5 rings (SSSR count). The van der Waals surface area contributed by atoms with Gasteiger partial charge in [0.1, 0.15) is 24.0 Å². The molecule has 1 fully saturated rings. The number of fused-ring (bicyclic) bond motifs is 4. The van der Waals surface area contributed by atoms with Gasteiger partial charge in [0.05, 0.1) is 38.3 Å². The van der Waals surface area contributed by atoms with Gasteiger partial charge in [-0.05, 0) is 53.8 Å². The predicted molar refractivity (Wildman–Crippen MR) is 197 cm³/mol. The number of rotatable bonds is 10. The van der Waals surface area contributed by atoms with Gasteiger partial charge in [-0.25, -0.2) is 9.59 Å². The number of benzene rings is 2. The van der Waals surface area contributed by atoms with Crippen molar-refractivity contribution in [1.82, 2.24) is 4.98 Å². The van der Waals surface area contributed by atoms with Gasteiger partial charge in [-0.2, -0.15) is 0 Å². The summed E-state index contributed by atoms with van der Waals surface area (Å²) in [5, 5.41) is 23.8. The molecule has 54 heavy (non-hydrogen) atoms. The first-order valence-electron chi connectivity index (χ1n) is 18.6. The van der Waals surface area contributed by atoms with Crippen molar-refractivity contribution >= 4 is 34.8 Å². The number of aliphatic hydroxyl groups is 2. The molecule has 0 saturated carbocycles. The maximum Gasteiger partial charge on any atom is 0.341 e. The van der Waals surface area contributed by atoms with Gasteiger partial charge in [-0.3, -0.25) is 9.59 Å². The number of H-pyrrole nitrogens is 1.